The monoisotopic (exact) mass is 256 g/mol. The maximum Gasteiger partial charge on any atom is 0.322 e. The highest BCUT2D eigenvalue weighted by Gasteiger charge is 2.24. The lowest BCUT2D eigenvalue weighted by Gasteiger charge is -2.17. The molecule has 5 heteroatoms. The number of para-hydroxylation sites is 1. The molecule has 1 saturated heterocycles. The molecule has 1 fully saturated rings. The predicted octanol–water partition coefficient (Wildman–Crippen LogP) is 2.29. The van der Waals surface area contributed by atoms with Crippen molar-refractivity contribution in [2.24, 2.45) is 0 Å². The zero-order valence-electron chi connectivity index (χ0n) is 10.1. The number of rotatable bonds is 3. The van der Waals surface area contributed by atoms with Gasteiger partial charge in [0, 0.05) is 18.7 Å². The number of carbonyl (C=O) groups is 2. The van der Waals surface area contributed by atoms with Gasteiger partial charge in [-0.2, -0.15) is 0 Å². The summed E-state index contributed by atoms with van der Waals surface area (Å²) in [4.78, 5) is 24.1. The van der Waals surface area contributed by atoms with E-state index in [0.29, 0.717) is 25.1 Å². The second-order valence-corrected chi connectivity index (χ2v) is 4.22. The van der Waals surface area contributed by atoms with Crippen molar-refractivity contribution in [2.45, 2.75) is 0 Å². The van der Waals surface area contributed by atoms with Crippen LogP contribution < -0.4 is 10.2 Å². The van der Waals surface area contributed by atoms with Crippen LogP contribution in [0.15, 0.2) is 40.8 Å². The van der Waals surface area contributed by atoms with Crippen LogP contribution in [0.1, 0.15) is 10.6 Å². The SMILES string of the molecule is O=Cc1ccc(-c2ccccc2N2CCNC2=O)o1. The van der Waals surface area contributed by atoms with Gasteiger partial charge in [0.05, 0.1) is 5.69 Å². The van der Waals surface area contributed by atoms with Gasteiger partial charge in [0.25, 0.3) is 0 Å². The van der Waals surface area contributed by atoms with Gasteiger partial charge in [-0.15, -0.1) is 0 Å². The molecule has 0 aliphatic carbocycles. The fraction of sp³-hybridized carbons (Fsp3) is 0.143. The molecule has 19 heavy (non-hydrogen) atoms. The van der Waals surface area contributed by atoms with Gasteiger partial charge in [-0.3, -0.25) is 9.69 Å². The zero-order chi connectivity index (χ0) is 13.2. The number of urea groups is 1. The van der Waals surface area contributed by atoms with Crippen molar-refractivity contribution in [2.75, 3.05) is 18.0 Å². The fourth-order valence-electron chi connectivity index (χ4n) is 2.18. The van der Waals surface area contributed by atoms with Crippen LogP contribution in [0.3, 0.4) is 0 Å². The quantitative estimate of drug-likeness (QED) is 0.857. The van der Waals surface area contributed by atoms with E-state index >= 15 is 0 Å². The fourth-order valence-corrected chi connectivity index (χ4v) is 2.18. The lowest BCUT2D eigenvalue weighted by atomic mass is 10.1. The van der Waals surface area contributed by atoms with Crippen molar-refractivity contribution in [3.8, 4) is 11.3 Å². The Balaban J connectivity index is 2.06. The average Bonchev–Trinajstić information content (AvgIpc) is 3.07. The van der Waals surface area contributed by atoms with E-state index in [0.717, 1.165) is 11.3 Å². The Labute approximate surface area is 109 Å². The predicted molar refractivity (Wildman–Crippen MR) is 70.3 cm³/mol. The van der Waals surface area contributed by atoms with Crippen LogP contribution in [-0.4, -0.2) is 25.4 Å². The highest BCUT2D eigenvalue weighted by molar-refractivity contribution is 5.98. The molecule has 1 aromatic carbocycles. The molecule has 0 unspecified atom stereocenters. The number of amides is 2. The summed E-state index contributed by atoms with van der Waals surface area (Å²) in [5, 5.41) is 2.76. The summed E-state index contributed by atoms with van der Waals surface area (Å²) in [5.74, 6) is 0.855. The first-order valence-corrected chi connectivity index (χ1v) is 5.99. The van der Waals surface area contributed by atoms with Crippen molar-refractivity contribution in [3.05, 3.63) is 42.2 Å². The van der Waals surface area contributed by atoms with Gasteiger partial charge in [-0.05, 0) is 24.3 Å². The summed E-state index contributed by atoms with van der Waals surface area (Å²) in [6.45, 7) is 1.25. The highest BCUT2D eigenvalue weighted by atomic mass is 16.3. The van der Waals surface area contributed by atoms with Crippen LogP contribution in [0.25, 0.3) is 11.3 Å². The van der Waals surface area contributed by atoms with Crippen LogP contribution in [0, 0.1) is 0 Å². The molecule has 5 nitrogen and oxygen atoms in total. The first-order valence-electron chi connectivity index (χ1n) is 5.99. The van der Waals surface area contributed by atoms with E-state index in [2.05, 4.69) is 5.32 Å². The Morgan fingerprint density at radius 2 is 2.05 bits per heavy atom. The molecule has 3 rings (SSSR count). The lowest BCUT2D eigenvalue weighted by molar-refractivity contribution is 0.110. The summed E-state index contributed by atoms with van der Waals surface area (Å²) in [5.41, 5.74) is 1.58. The number of hydrogen-bond donors (Lipinski definition) is 1. The summed E-state index contributed by atoms with van der Waals surface area (Å²) in [6.07, 6.45) is 0.661. The number of benzene rings is 1. The maximum atomic E-state index is 11.7. The van der Waals surface area contributed by atoms with E-state index in [9.17, 15) is 9.59 Å². The number of carbonyl (C=O) groups excluding carboxylic acids is 2. The summed E-state index contributed by atoms with van der Waals surface area (Å²) in [6, 6.07) is 10.7. The van der Waals surface area contributed by atoms with Crippen molar-refractivity contribution < 1.29 is 14.0 Å². The minimum Gasteiger partial charge on any atom is -0.453 e. The van der Waals surface area contributed by atoms with E-state index in [4.69, 9.17) is 4.42 Å². The molecule has 1 aliphatic rings. The van der Waals surface area contributed by atoms with Gasteiger partial charge < -0.3 is 9.73 Å². The normalized spacial score (nSPS) is 14.5. The molecule has 2 aromatic rings. The Hall–Kier alpha value is -2.56. The molecule has 1 aliphatic heterocycles. The van der Waals surface area contributed by atoms with Crippen LogP contribution in [0.2, 0.25) is 0 Å². The molecule has 0 saturated carbocycles. The van der Waals surface area contributed by atoms with E-state index in [1.165, 1.54) is 0 Å². The summed E-state index contributed by atoms with van der Waals surface area (Å²) in [7, 11) is 0. The molecule has 0 bridgehead atoms. The molecule has 2 amide bonds. The van der Waals surface area contributed by atoms with Crippen LogP contribution in [-0.2, 0) is 0 Å². The molecule has 96 valence electrons. The minimum absolute atomic E-state index is 0.116. The van der Waals surface area contributed by atoms with Crippen LogP contribution in [0.4, 0.5) is 10.5 Å². The minimum atomic E-state index is -0.116. The van der Waals surface area contributed by atoms with Gasteiger partial charge >= 0.3 is 6.03 Å². The van der Waals surface area contributed by atoms with Gasteiger partial charge in [-0.1, -0.05) is 12.1 Å². The number of nitrogens with zero attached hydrogens (tertiary/aromatic N) is 1. The topological polar surface area (TPSA) is 62.6 Å². The number of furan rings is 1. The van der Waals surface area contributed by atoms with Crippen molar-refractivity contribution in [1.82, 2.24) is 5.32 Å². The molecule has 2 heterocycles. The highest BCUT2D eigenvalue weighted by Crippen LogP contribution is 2.32. The third-order valence-corrected chi connectivity index (χ3v) is 3.06. The number of anilines is 1. The zero-order valence-corrected chi connectivity index (χ0v) is 10.1. The summed E-state index contributed by atoms with van der Waals surface area (Å²) < 4.78 is 5.43. The molecular formula is C14H12N2O3. The van der Waals surface area contributed by atoms with E-state index in [-0.39, 0.29) is 11.8 Å². The largest absolute Gasteiger partial charge is 0.453 e. The van der Waals surface area contributed by atoms with Gasteiger partial charge in [0.2, 0.25) is 0 Å². The van der Waals surface area contributed by atoms with Crippen LogP contribution >= 0.6 is 0 Å². The van der Waals surface area contributed by atoms with Crippen molar-refractivity contribution >= 4 is 18.0 Å². The molecule has 1 aromatic heterocycles. The van der Waals surface area contributed by atoms with Crippen molar-refractivity contribution in [3.63, 3.8) is 0 Å². The molecule has 0 radical (unpaired) electrons. The van der Waals surface area contributed by atoms with Crippen molar-refractivity contribution in [1.29, 1.82) is 0 Å². The first kappa shape index (κ1) is 11.5. The summed E-state index contributed by atoms with van der Waals surface area (Å²) >= 11 is 0. The lowest BCUT2D eigenvalue weighted by Crippen LogP contribution is -2.28. The molecule has 1 N–H and O–H groups in total. The Bertz CT molecular complexity index is 633. The Morgan fingerprint density at radius 3 is 2.74 bits per heavy atom. The number of aldehydes is 1. The second-order valence-electron chi connectivity index (χ2n) is 4.22. The number of nitrogens with one attached hydrogen (secondary N) is 1. The maximum absolute atomic E-state index is 11.7. The van der Waals surface area contributed by atoms with E-state index < -0.39 is 0 Å². The Morgan fingerprint density at radius 1 is 1.21 bits per heavy atom. The number of hydrogen-bond acceptors (Lipinski definition) is 3. The van der Waals surface area contributed by atoms with Crippen LogP contribution in [0.5, 0.6) is 0 Å². The van der Waals surface area contributed by atoms with E-state index in [1.807, 2.05) is 24.3 Å². The van der Waals surface area contributed by atoms with Gasteiger partial charge in [0.1, 0.15) is 5.76 Å². The van der Waals surface area contributed by atoms with E-state index in [1.54, 1.807) is 17.0 Å². The van der Waals surface area contributed by atoms with Gasteiger partial charge in [-0.25, -0.2) is 4.79 Å². The molecular weight excluding hydrogens is 244 g/mol. The van der Waals surface area contributed by atoms with Gasteiger partial charge in [0.15, 0.2) is 12.0 Å². The Kier molecular flexibility index (Phi) is 2.79. The smallest absolute Gasteiger partial charge is 0.322 e. The second kappa shape index (κ2) is 4.61. The molecule has 0 spiro atoms. The third kappa shape index (κ3) is 1.99. The third-order valence-electron chi connectivity index (χ3n) is 3.06. The standard InChI is InChI=1S/C14H12N2O3/c17-9-10-5-6-13(19-10)11-3-1-2-4-12(11)16-8-7-15-14(16)18/h1-6,9H,7-8H2,(H,15,18). The molecule has 0 atom stereocenters. The average molecular weight is 256 g/mol. The first-order chi connectivity index (χ1) is 9.29.